The van der Waals surface area contributed by atoms with Gasteiger partial charge >= 0.3 is 0 Å². The molecule has 0 unspecified atom stereocenters. The van der Waals surface area contributed by atoms with Gasteiger partial charge in [0.05, 0.1) is 26.0 Å². The molecule has 0 radical (unpaired) electrons. The first kappa shape index (κ1) is 13.9. The molecule has 0 atom stereocenters. The largest absolute Gasteiger partial charge is 0.497 e. The van der Waals surface area contributed by atoms with Gasteiger partial charge < -0.3 is 14.8 Å². The molecule has 0 amide bonds. The molecule has 4 nitrogen and oxygen atoms in total. The van der Waals surface area contributed by atoms with Gasteiger partial charge in [-0.25, -0.2) is 0 Å². The lowest BCUT2D eigenvalue weighted by atomic mass is 10.3. The zero-order valence-corrected chi connectivity index (χ0v) is 11.0. The number of aryl methyl sites for hydroxylation is 1. The predicted octanol–water partition coefficient (Wildman–Crippen LogP) is 1.91. The Kier molecular flexibility index (Phi) is 6.58. The Bertz CT molecular complexity index is 329. The van der Waals surface area contributed by atoms with Crippen LogP contribution in [0.5, 0.6) is 5.75 Å². The SMILES string of the molecule is CCCNCCOCc1cc(OC)cc(C)n1. The van der Waals surface area contributed by atoms with Crippen molar-refractivity contribution in [2.75, 3.05) is 26.8 Å². The van der Waals surface area contributed by atoms with Crippen molar-refractivity contribution >= 4 is 0 Å². The molecule has 0 fully saturated rings. The third-order valence-electron chi connectivity index (χ3n) is 2.32. The Hall–Kier alpha value is -1.13. The first-order valence-electron chi connectivity index (χ1n) is 6.06. The van der Waals surface area contributed by atoms with E-state index in [1.165, 1.54) is 0 Å². The van der Waals surface area contributed by atoms with Crippen LogP contribution in [-0.2, 0) is 11.3 Å². The Morgan fingerprint density at radius 3 is 2.82 bits per heavy atom. The molecule has 0 aliphatic heterocycles. The second-order valence-electron chi connectivity index (χ2n) is 3.94. The maximum absolute atomic E-state index is 5.54. The maximum Gasteiger partial charge on any atom is 0.122 e. The van der Waals surface area contributed by atoms with Gasteiger partial charge in [-0.1, -0.05) is 6.92 Å². The van der Waals surface area contributed by atoms with E-state index in [4.69, 9.17) is 9.47 Å². The minimum Gasteiger partial charge on any atom is -0.497 e. The van der Waals surface area contributed by atoms with Gasteiger partial charge in [-0.2, -0.15) is 0 Å². The molecule has 17 heavy (non-hydrogen) atoms. The van der Waals surface area contributed by atoms with E-state index in [1.54, 1.807) is 7.11 Å². The first-order chi connectivity index (χ1) is 8.26. The van der Waals surface area contributed by atoms with Crippen molar-refractivity contribution < 1.29 is 9.47 Å². The fraction of sp³-hybridized carbons (Fsp3) is 0.615. The van der Waals surface area contributed by atoms with Gasteiger partial charge in [0.1, 0.15) is 5.75 Å². The maximum atomic E-state index is 5.54. The van der Waals surface area contributed by atoms with Crippen LogP contribution in [0, 0.1) is 6.92 Å². The molecular formula is C13H22N2O2. The molecule has 0 bridgehead atoms. The molecule has 96 valence electrons. The predicted molar refractivity (Wildman–Crippen MR) is 68.3 cm³/mol. The van der Waals surface area contributed by atoms with Crippen molar-refractivity contribution in [1.29, 1.82) is 0 Å². The summed E-state index contributed by atoms with van der Waals surface area (Å²) in [6.45, 7) is 7.27. The summed E-state index contributed by atoms with van der Waals surface area (Å²) in [5, 5.41) is 3.29. The molecule has 0 spiro atoms. The molecule has 4 heteroatoms. The van der Waals surface area contributed by atoms with Crippen LogP contribution in [0.3, 0.4) is 0 Å². The van der Waals surface area contributed by atoms with Crippen LogP contribution in [-0.4, -0.2) is 31.8 Å². The quantitative estimate of drug-likeness (QED) is 0.703. The fourth-order valence-corrected chi connectivity index (χ4v) is 1.52. The third-order valence-corrected chi connectivity index (χ3v) is 2.32. The summed E-state index contributed by atoms with van der Waals surface area (Å²) in [6.07, 6.45) is 1.15. The molecule has 1 aromatic heterocycles. The molecule has 0 aromatic carbocycles. The Labute approximate surface area is 103 Å². The molecule has 1 aromatic rings. The van der Waals surface area contributed by atoms with Crippen molar-refractivity contribution in [3.8, 4) is 5.75 Å². The van der Waals surface area contributed by atoms with E-state index in [2.05, 4.69) is 17.2 Å². The number of methoxy groups -OCH3 is 1. The number of nitrogens with zero attached hydrogens (tertiary/aromatic N) is 1. The number of pyridine rings is 1. The summed E-state index contributed by atoms with van der Waals surface area (Å²) in [4.78, 5) is 4.39. The minimum atomic E-state index is 0.534. The van der Waals surface area contributed by atoms with Crippen molar-refractivity contribution in [2.45, 2.75) is 26.9 Å². The van der Waals surface area contributed by atoms with Crippen LogP contribution < -0.4 is 10.1 Å². The van der Waals surface area contributed by atoms with Gasteiger partial charge in [0.15, 0.2) is 0 Å². The van der Waals surface area contributed by atoms with Crippen LogP contribution in [0.15, 0.2) is 12.1 Å². The molecule has 0 saturated carbocycles. The highest BCUT2D eigenvalue weighted by molar-refractivity contribution is 5.26. The zero-order valence-electron chi connectivity index (χ0n) is 11.0. The van der Waals surface area contributed by atoms with E-state index < -0.39 is 0 Å². The van der Waals surface area contributed by atoms with E-state index in [1.807, 2.05) is 19.1 Å². The standard InChI is InChI=1S/C13H22N2O2/c1-4-5-14-6-7-17-10-12-9-13(16-3)8-11(2)15-12/h8-9,14H,4-7,10H2,1-3H3. The second kappa shape index (κ2) is 8.03. The lowest BCUT2D eigenvalue weighted by Crippen LogP contribution is -2.20. The number of hydrogen-bond donors (Lipinski definition) is 1. The van der Waals surface area contributed by atoms with Gasteiger partial charge in [0, 0.05) is 24.4 Å². The highest BCUT2D eigenvalue weighted by atomic mass is 16.5. The first-order valence-corrected chi connectivity index (χ1v) is 6.06. The average Bonchev–Trinajstić information content (AvgIpc) is 2.33. The monoisotopic (exact) mass is 238 g/mol. The molecule has 0 aliphatic carbocycles. The average molecular weight is 238 g/mol. The highest BCUT2D eigenvalue weighted by Gasteiger charge is 2.00. The lowest BCUT2D eigenvalue weighted by Gasteiger charge is -2.07. The molecule has 0 aliphatic rings. The van der Waals surface area contributed by atoms with Crippen molar-refractivity contribution in [2.24, 2.45) is 0 Å². The summed E-state index contributed by atoms with van der Waals surface area (Å²) in [5.41, 5.74) is 1.87. The number of hydrogen-bond acceptors (Lipinski definition) is 4. The highest BCUT2D eigenvalue weighted by Crippen LogP contribution is 2.13. The van der Waals surface area contributed by atoms with Crippen LogP contribution in [0.25, 0.3) is 0 Å². The zero-order chi connectivity index (χ0) is 12.5. The second-order valence-corrected chi connectivity index (χ2v) is 3.94. The fourth-order valence-electron chi connectivity index (χ4n) is 1.52. The Morgan fingerprint density at radius 2 is 2.12 bits per heavy atom. The summed E-state index contributed by atoms with van der Waals surface area (Å²) in [6, 6.07) is 3.82. The molecule has 1 rings (SSSR count). The van der Waals surface area contributed by atoms with Crippen molar-refractivity contribution in [3.63, 3.8) is 0 Å². The molecule has 1 N–H and O–H groups in total. The number of ether oxygens (including phenoxy) is 2. The van der Waals surface area contributed by atoms with E-state index in [9.17, 15) is 0 Å². The number of aromatic nitrogens is 1. The minimum absolute atomic E-state index is 0.534. The third kappa shape index (κ3) is 5.65. The van der Waals surface area contributed by atoms with E-state index in [0.29, 0.717) is 13.2 Å². The van der Waals surface area contributed by atoms with Crippen LogP contribution in [0.2, 0.25) is 0 Å². The summed E-state index contributed by atoms with van der Waals surface area (Å²) in [7, 11) is 1.66. The van der Waals surface area contributed by atoms with Gasteiger partial charge in [-0.3, -0.25) is 4.98 Å². The lowest BCUT2D eigenvalue weighted by molar-refractivity contribution is 0.120. The van der Waals surface area contributed by atoms with Gasteiger partial charge in [-0.15, -0.1) is 0 Å². The topological polar surface area (TPSA) is 43.4 Å². The van der Waals surface area contributed by atoms with E-state index in [0.717, 1.165) is 36.6 Å². The number of nitrogens with one attached hydrogen (secondary N) is 1. The van der Waals surface area contributed by atoms with Gasteiger partial charge in [-0.05, 0) is 19.9 Å². The molecule has 0 saturated heterocycles. The van der Waals surface area contributed by atoms with Crippen molar-refractivity contribution in [1.82, 2.24) is 10.3 Å². The normalized spacial score (nSPS) is 10.5. The summed E-state index contributed by atoms with van der Waals surface area (Å²) < 4.78 is 10.7. The molecular weight excluding hydrogens is 216 g/mol. The van der Waals surface area contributed by atoms with Crippen LogP contribution in [0.1, 0.15) is 24.7 Å². The van der Waals surface area contributed by atoms with Crippen molar-refractivity contribution in [3.05, 3.63) is 23.5 Å². The smallest absolute Gasteiger partial charge is 0.122 e. The van der Waals surface area contributed by atoms with Gasteiger partial charge in [0.2, 0.25) is 0 Å². The summed E-state index contributed by atoms with van der Waals surface area (Å²) in [5.74, 6) is 0.834. The molecule has 1 heterocycles. The van der Waals surface area contributed by atoms with Gasteiger partial charge in [0.25, 0.3) is 0 Å². The number of rotatable bonds is 8. The summed E-state index contributed by atoms with van der Waals surface area (Å²) >= 11 is 0. The van der Waals surface area contributed by atoms with E-state index >= 15 is 0 Å². The Morgan fingerprint density at radius 1 is 1.29 bits per heavy atom. The van der Waals surface area contributed by atoms with E-state index in [-0.39, 0.29) is 0 Å². The van der Waals surface area contributed by atoms with Crippen LogP contribution >= 0.6 is 0 Å². The van der Waals surface area contributed by atoms with Crippen LogP contribution in [0.4, 0.5) is 0 Å². The Balaban J connectivity index is 2.28.